The van der Waals surface area contributed by atoms with Crippen LogP contribution in [0.3, 0.4) is 0 Å². The smallest absolute Gasteiger partial charge is 0.229 e. The van der Waals surface area contributed by atoms with Crippen LogP contribution in [0.1, 0.15) is 28.9 Å². The number of rotatable bonds is 7. The molecule has 0 amide bonds. The van der Waals surface area contributed by atoms with Crippen molar-refractivity contribution in [2.24, 2.45) is 0 Å². The van der Waals surface area contributed by atoms with Gasteiger partial charge in [0.1, 0.15) is 76.5 Å². The Kier molecular flexibility index (Phi) is 9.58. The number of aromatic hydroxyl groups is 2. The van der Waals surface area contributed by atoms with E-state index in [1.54, 1.807) is 6.07 Å². The summed E-state index contributed by atoms with van der Waals surface area (Å²) in [5.41, 5.74) is 0.275. The van der Waals surface area contributed by atoms with E-state index in [2.05, 4.69) is 15.9 Å². The quantitative estimate of drug-likeness (QED) is 0.167. The molecule has 242 valence electrons. The van der Waals surface area contributed by atoms with Crippen molar-refractivity contribution in [3.63, 3.8) is 0 Å². The van der Waals surface area contributed by atoms with Crippen LogP contribution in [0.4, 0.5) is 0 Å². The number of phenols is 2. The number of hydrogen-bond acceptors (Lipinski definition) is 15. The standard InChI is InChI=1S/C28H33BrO15/c1-9-19(32)22(35)24(37)27(41-9)40-8-16-20(33)23(36)25(38)28(44-16)42-11-6-13(31)17-15(7-11)43-26(18(29)21(17)34)10-3-4-14(39-2)12(30)5-10/h3-7,9,16,18-20,22-28,30-33,35-38H,8H2,1-2H3/t9-,16+,18?,19-,20+,22+,23-,24+,25+,26?,27+,28?/m0/s1. The Morgan fingerprint density at radius 3 is 2.20 bits per heavy atom. The van der Waals surface area contributed by atoms with Crippen molar-refractivity contribution >= 4 is 21.7 Å². The lowest BCUT2D eigenvalue weighted by Gasteiger charge is -2.42. The summed E-state index contributed by atoms with van der Waals surface area (Å²) in [6, 6.07) is 6.82. The molecule has 0 aromatic heterocycles. The van der Waals surface area contributed by atoms with E-state index in [0.29, 0.717) is 5.56 Å². The minimum atomic E-state index is -1.78. The predicted octanol–water partition coefficient (Wildman–Crippen LogP) is -0.783. The minimum absolute atomic E-state index is 0.0786. The molecule has 5 rings (SSSR count). The maximum atomic E-state index is 13.2. The highest BCUT2D eigenvalue weighted by molar-refractivity contribution is 9.10. The summed E-state index contributed by atoms with van der Waals surface area (Å²) in [5.74, 6) is -1.20. The average Bonchev–Trinajstić information content (AvgIpc) is 2.99. The number of fused-ring (bicyclic) bond motifs is 1. The molecule has 2 saturated heterocycles. The number of phenolic OH excluding ortho intramolecular Hbond substituents is 2. The van der Waals surface area contributed by atoms with E-state index in [9.17, 15) is 45.6 Å². The SMILES string of the molecule is COc1ccc(C2Oc3cc(OC4O[C@H](CO[C@@H]5O[C@@H](C)[C@H](O)[C@@H](O)[C@H]5O)[C@@H](O)[C@H](O)[C@H]4O)cc(O)c3C(=O)C2Br)cc1O. The summed E-state index contributed by atoms with van der Waals surface area (Å²) in [6.45, 7) is 0.955. The average molecular weight is 689 g/mol. The van der Waals surface area contributed by atoms with Crippen molar-refractivity contribution in [1.29, 1.82) is 0 Å². The summed E-state index contributed by atoms with van der Waals surface area (Å²) in [6.07, 6.45) is -16.0. The third-order valence-corrected chi connectivity index (χ3v) is 8.65. The first-order chi connectivity index (χ1) is 20.8. The number of aliphatic hydroxyl groups excluding tert-OH is 6. The van der Waals surface area contributed by atoms with Gasteiger partial charge in [-0.2, -0.15) is 0 Å². The first-order valence-electron chi connectivity index (χ1n) is 13.6. The van der Waals surface area contributed by atoms with Crippen LogP contribution >= 0.6 is 15.9 Å². The summed E-state index contributed by atoms with van der Waals surface area (Å²) < 4.78 is 33.3. The van der Waals surface area contributed by atoms with Gasteiger partial charge in [-0.25, -0.2) is 0 Å². The van der Waals surface area contributed by atoms with Gasteiger partial charge in [0, 0.05) is 12.1 Å². The van der Waals surface area contributed by atoms with E-state index in [0.717, 1.165) is 6.07 Å². The number of alkyl halides is 1. The van der Waals surface area contributed by atoms with Gasteiger partial charge in [0.25, 0.3) is 0 Å². The lowest BCUT2D eigenvalue weighted by molar-refractivity contribution is -0.318. The van der Waals surface area contributed by atoms with Gasteiger partial charge in [0.05, 0.1) is 19.8 Å². The normalized spacial score (nSPS) is 37.2. The highest BCUT2D eigenvalue weighted by atomic mass is 79.9. The monoisotopic (exact) mass is 688 g/mol. The van der Waals surface area contributed by atoms with E-state index in [1.165, 1.54) is 32.2 Å². The molecule has 3 heterocycles. The maximum absolute atomic E-state index is 13.2. The van der Waals surface area contributed by atoms with Gasteiger partial charge >= 0.3 is 0 Å². The Balaban J connectivity index is 1.33. The van der Waals surface area contributed by atoms with E-state index in [4.69, 9.17) is 28.4 Å². The molecule has 0 bridgehead atoms. The predicted molar refractivity (Wildman–Crippen MR) is 149 cm³/mol. The van der Waals surface area contributed by atoms with Crippen LogP contribution in [-0.2, 0) is 14.2 Å². The number of carbonyl (C=O) groups is 1. The van der Waals surface area contributed by atoms with Gasteiger partial charge in [-0.1, -0.05) is 22.0 Å². The first-order valence-corrected chi connectivity index (χ1v) is 14.5. The Labute approximate surface area is 258 Å². The van der Waals surface area contributed by atoms with Crippen LogP contribution in [0.25, 0.3) is 0 Å². The second-order valence-electron chi connectivity index (χ2n) is 10.7. The molecule has 2 fully saturated rings. The molecular formula is C28H33BrO15. The van der Waals surface area contributed by atoms with E-state index in [-0.39, 0.29) is 28.6 Å². The third kappa shape index (κ3) is 6.06. The highest BCUT2D eigenvalue weighted by Crippen LogP contribution is 2.45. The zero-order valence-corrected chi connectivity index (χ0v) is 24.9. The summed E-state index contributed by atoms with van der Waals surface area (Å²) in [4.78, 5) is 12.2. The van der Waals surface area contributed by atoms with Gasteiger partial charge in [0.15, 0.2) is 23.6 Å². The number of hydrogen-bond donors (Lipinski definition) is 8. The van der Waals surface area contributed by atoms with Crippen LogP contribution < -0.4 is 14.2 Å². The highest BCUT2D eigenvalue weighted by Gasteiger charge is 2.48. The molecule has 44 heavy (non-hydrogen) atoms. The third-order valence-electron chi connectivity index (χ3n) is 7.76. The van der Waals surface area contributed by atoms with Crippen LogP contribution in [0, 0.1) is 0 Å². The molecular weight excluding hydrogens is 656 g/mol. The van der Waals surface area contributed by atoms with Crippen LogP contribution in [0.5, 0.6) is 28.7 Å². The number of ketones is 1. The fraction of sp³-hybridized carbons (Fsp3) is 0.536. The van der Waals surface area contributed by atoms with Crippen molar-refractivity contribution in [2.75, 3.05) is 13.7 Å². The zero-order valence-electron chi connectivity index (χ0n) is 23.3. The fourth-order valence-corrected chi connectivity index (χ4v) is 5.85. The van der Waals surface area contributed by atoms with E-state index < -0.39 is 90.5 Å². The van der Waals surface area contributed by atoms with Gasteiger partial charge < -0.3 is 69.3 Å². The lowest BCUT2D eigenvalue weighted by atomic mass is 9.95. The molecule has 0 saturated carbocycles. The molecule has 15 nitrogen and oxygen atoms in total. The molecule has 0 radical (unpaired) electrons. The molecule has 3 aliphatic heterocycles. The number of ether oxygens (including phenoxy) is 6. The Morgan fingerprint density at radius 1 is 0.841 bits per heavy atom. The van der Waals surface area contributed by atoms with Crippen molar-refractivity contribution in [2.45, 2.75) is 79.3 Å². The Morgan fingerprint density at radius 2 is 1.52 bits per heavy atom. The second kappa shape index (κ2) is 12.9. The van der Waals surface area contributed by atoms with Gasteiger partial charge in [-0.3, -0.25) is 4.79 Å². The molecule has 0 aliphatic carbocycles. The van der Waals surface area contributed by atoms with Crippen LogP contribution in [-0.4, -0.2) is 127 Å². The van der Waals surface area contributed by atoms with Crippen molar-refractivity contribution in [3.05, 3.63) is 41.5 Å². The molecule has 3 unspecified atom stereocenters. The van der Waals surface area contributed by atoms with Crippen LogP contribution in [0.2, 0.25) is 0 Å². The molecule has 3 aliphatic rings. The molecule has 2 aromatic rings. The number of aliphatic hydroxyl groups is 6. The van der Waals surface area contributed by atoms with E-state index in [1.807, 2.05) is 0 Å². The number of halogens is 1. The Hall–Kier alpha value is -2.77. The van der Waals surface area contributed by atoms with Gasteiger partial charge in [-0.05, 0) is 24.6 Å². The topological polar surface area (TPSA) is 234 Å². The second-order valence-corrected chi connectivity index (χ2v) is 11.7. The summed E-state index contributed by atoms with van der Waals surface area (Å²) in [7, 11) is 1.39. The molecule has 16 heteroatoms. The zero-order chi connectivity index (χ0) is 32.0. The maximum Gasteiger partial charge on any atom is 0.229 e. The van der Waals surface area contributed by atoms with Crippen LogP contribution in [0.15, 0.2) is 30.3 Å². The lowest BCUT2D eigenvalue weighted by Crippen LogP contribution is -2.61. The largest absolute Gasteiger partial charge is 0.507 e. The molecule has 0 spiro atoms. The van der Waals surface area contributed by atoms with Gasteiger partial charge in [0.2, 0.25) is 6.29 Å². The fourth-order valence-electron chi connectivity index (χ4n) is 5.20. The molecule has 2 aromatic carbocycles. The molecule has 12 atom stereocenters. The van der Waals surface area contributed by atoms with E-state index >= 15 is 0 Å². The number of carbonyl (C=O) groups excluding carboxylic acids is 1. The van der Waals surface area contributed by atoms with Crippen molar-refractivity contribution < 1.29 is 74.1 Å². The summed E-state index contributed by atoms with van der Waals surface area (Å²) >= 11 is 3.31. The minimum Gasteiger partial charge on any atom is -0.507 e. The van der Waals surface area contributed by atoms with Crippen molar-refractivity contribution in [1.82, 2.24) is 0 Å². The van der Waals surface area contributed by atoms with Gasteiger partial charge in [-0.15, -0.1) is 0 Å². The molecule has 8 N–H and O–H groups in total. The summed E-state index contributed by atoms with van der Waals surface area (Å²) in [5, 5.41) is 82.5. The van der Waals surface area contributed by atoms with Crippen molar-refractivity contribution in [3.8, 4) is 28.7 Å². The Bertz CT molecular complexity index is 1360. The number of benzene rings is 2. The first kappa shape index (κ1) is 32.6. The number of Topliss-reactive ketones (excluding diaryl/α,β-unsaturated/α-hetero) is 1. The number of methoxy groups -OCH3 is 1.